The van der Waals surface area contributed by atoms with Crippen LogP contribution in [0, 0.1) is 0 Å². The minimum absolute atomic E-state index is 0.0835. The Labute approximate surface area is 126 Å². The highest BCUT2D eigenvalue weighted by molar-refractivity contribution is 5.69. The van der Waals surface area contributed by atoms with Crippen molar-refractivity contribution < 1.29 is 19.1 Å². The Balaban J connectivity index is 2.33. The quantitative estimate of drug-likeness (QED) is 0.723. The molecule has 21 heavy (non-hydrogen) atoms. The number of hydrogen-bond acceptors (Lipinski definition) is 5. The van der Waals surface area contributed by atoms with E-state index in [4.69, 9.17) is 9.47 Å². The molecule has 0 spiro atoms. The van der Waals surface area contributed by atoms with Crippen LogP contribution in [-0.4, -0.2) is 42.1 Å². The first kappa shape index (κ1) is 17.6. The van der Waals surface area contributed by atoms with E-state index < -0.39 is 23.4 Å². The molecule has 0 unspecified atom stereocenters. The van der Waals surface area contributed by atoms with E-state index in [0.29, 0.717) is 13.0 Å². The molecule has 0 radical (unpaired) electrons. The number of carbonyl (C=O) groups excluding carboxylic acids is 2. The van der Waals surface area contributed by atoms with E-state index in [0.717, 1.165) is 0 Å². The molecule has 1 heterocycles. The summed E-state index contributed by atoms with van der Waals surface area (Å²) in [4.78, 5) is 23.3. The van der Waals surface area contributed by atoms with Gasteiger partial charge in [-0.25, -0.2) is 9.59 Å². The van der Waals surface area contributed by atoms with Crippen LogP contribution in [0.5, 0.6) is 0 Å². The minimum Gasteiger partial charge on any atom is -0.444 e. The largest absolute Gasteiger partial charge is 0.444 e. The van der Waals surface area contributed by atoms with Crippen LogP contribution in [0.15, 0.2) is 0 Å². The first-order valence-corrected chi connectivity index (χ1v) is 7.17. The average Bonchev–Trinajstić information content (AvgIpc) is 2.58. The van der Waals surface area contributed by atoms with Gasteiger partial charge in [-0.15, -0.1) is 0 Å². The Morgan fingerprint density at radius 1 is 0.952 bits per heavy atom. The van der Waals surface area contributed by atoms with Crippen LogP contribution in [0.3, 0.4) is 0 Å². The van der Waals surface area contributed by atoms with Gasteiger partial charge < -0.3 is 20.1 Å². The lowest BCUT2D eigenvalue weighted by molar-refractivity contribution is 0.0499. The van der Waals surface area contributed by atoms with Crippen LogP contribution in [0.1, 0.15) is 48.0 Å². The number of hydrogen-bond donors (Lipinski definition) is 3. The zero-order valence-electron chi connectivity index (χ0n) is 13.7. The minimum atomic E-state index is -0.531. The molecule has 0 bridgehead atoms. The van der Waals surface area contributed by atoms with E-state index in [2.05, 4.69) is 16.0 Å². The second-order valence-corrected chi connectivity index (χ2v) is 7.19. The third kappa shape index (κ3) is 7.75. The van der Waals surface area contributed by atoms with Crippen molar-refractivity contribution in [2.45, 2.75) is 71.4 Å². The van der Waals surface area contributed by atoms with E-state index in [-0.39, 0.29) is 12.2 Å². The molecule has 0 saturated carbocycles. The fourth-order valence-electron chi connectivity index (χ4n) is 1.88. The average molecular weight is 301 g/mol. The SMILES string of the molecule is CC(C)(C)OC(=O)N[C@@H]1CN[C@H](NC(=O)OC(C)(C)C)C1. The zero-order valence-corrected chi connectivity index (χ0v) is 13.7. The summed E-state index contributed by atoms with van der Waals surface area (Å²) in [6, 6.07) is -0.0835. The van der Waals surface area contributed by atoms with Gasteiger partial charge in [-0.05, 0) is 41.5 Å². The normalized spacial score (nSPS) is 22.6. The third-order valence-electron chi connectivity index (χ3n) is 2.54. The number of carbonyl (C=O) groups is 2. The highest BCUT2D eigenvalue weighted by atomic mass is 16.6. The number of rotatable bonds is 2. The number of alkyl carbamates (subject to hydrolysis) is 2. The fourth-order valence-corrected chi connectivity index (χ4v) is 1.88. The van der Waals surface area contributed by atoms with Crippen LogP contribution >= 0.6 is 0 Å². The molecular weight excluding hydrogens is 274 g/mol. The van der Waals surface area contributed by atoms with Crippen molar-refractivity contribution in [2.75, 3.05) is 6.54 Å². The first-order valence-electron chi connectivity index (χ1n) is 7.17. The van der Waals surface area contributed by atoms with Gasteiger partial charge in [0.25, 0.3) is 0 Å². The van der Waals surface area contributed by atoms with Gasteiger partial charge >= 0.3 is 12.2 Å². The number of ether oxygens (including phenoxy) is 2. The Hall–Kier alpha value is -1.50. The molecule has 0 aromatic heterocycles. The Bertz CT molecular complexity index is 349. The van der Waals surface area contributed by atoms with Crippen LogP contribution in [0.25, 0.3) is 0 Å². The van der Waals surface area contributed by atoms with Gasteiger partial charge in [0.1, 0.15) is 11.2 Å². The maximum absolute atomic E-state index is 11.7. The standard InChI is InChI=1S/C14H27N3O4/c1-13(2,3)20-11(18)16-9-7-10(15-8-9)17-12(19)21-14(4,5)6/h9-10,15H,7-8H2,1-6H3,(H,16,18)(H,17,19)/t9-,10+/m0/s1. The Kier molecular flexibility index (Phi) is 5.44. The molecule has 1 aliphatic rings. The predicted octanol–water partition coefficient (Wildman–Crippen LogP) is 1.72. The van der Waals surface area contributed by atoms with E-state index in [1.54, 1.807) is 0 Å². The smallest absolute Gasteiger partial charge is 0.408 e. The second-order valence-electron chi connectivity index (χ2n) is 7.19. The monoisotopic (exact) mass is 301 g/mol. The van der Waals surface area contributed by atoms with Gasteiger partial charge in [-0.2, -0.15) is 0 Å². The van der Waals surface area contributed by atoms with Crippen molar-refractivity contribution in [1.29, 1.82) is 0 Å². The summed E-state index contributed by atoms with van der Waals surface area (Å²) in [7, 11) is 0. The molecule has 1 aliphatic heterocycles. The Morgan fingerprint density at radius 2 is 1.43 bits per heavy atom. The van der Waals surface area contributed by atoms with Gasteiger partial charge in [0, 0.05) is 19.0 Å². The van der Waals surface area contributed by atoms with Crippen molar-refractivity contribution in [2.24, 2.45) is 0 Å². The lowest BCUT2D eigenvalue weighted by atomic mass is 10.2. The number of nitrogens with one attached hydrogen (secondary N) is 3. The summed E-state index contributed by atoms with van der Waals surface area (Å²) in [5.41, 5.74) is -1.05. The summed E-state index contributed by atoms with van der Waals surface area (Å²) in [5, 5.41) is 8.60. The van der Waals surface area contributed by atoms with Crippen molar-refractivity contribution >= 4 is 12.2 Å². The summed E-state index contributed by atoms with van der Waals surface area (Å²) in [6.45, 7) is 11.4. The molecule has 3 N–H and O–H groups in total. The summed E-state index contributed by atoms with van der Waals surface area (Å²) in [5.74, 6) is 0. The van der Waals surface area contributed by atoms with Crippen molar-refractivity contribution in [3.8, 4) is 0 Å². The second kappa shape index (κ2) is 6.51. The van der Waals surface area contributed by atoms with Crippen LogP contribution in [0.2, 0.25) is 0 Å². The molecule has 7 nitrogen and oxygen atoms in total. The highest BCUT2D eigenvalue weighted by Gasteiger charge is 2.29. The predicted molar refractivity (Wildman–Crippen MR) is 78.9 cm³/mol. The van der Waals surface area contributed by atoms with Gasteiger partial charge in [-0.3, -0.25) is 5.32 Å². The molecule has 0 aromatic rings. The Morgan fingerprint density at radius 3 is 1.90 bits per heavy atom. The van der Waals surface area contributed by atoms with Gasteiger partial charge in [0.05, 0.1) is 6.17 Å². The molecule has 1 fully saturated rings. The topological polar surface area (TPSA) is 88.7 Å². The first-order chi connectivity index (χ1) is 9.44. The van der Waals surface area contributed by atoms with E-state index >= 15 is 0 Å². The van der Waals surface area contributed by atoms with Crippen molar-refractivity contribution in [3.63, 3.8) is 0 Å². The summed E-state index contributed by atoms with van der Waals surface area (Å²) >= 11 is 0. The molecule has 2 amide bonds. The molecule has 122 valence electrons. The molecule has 0 aromatic carbocycles. The van der Waals surface area contributed by atoms with Gasteiger partial charge in [-0.1, -0.05) is 0 Å². The molecule has 7 heteroatoms. The van der Waals surface area contributed by atoms with Crippen LogP contribution in [-0.2, 0) is 9.47 Å². The number of amides is 2. The molecule has 0 aliphatic carbocycles. The summed E-state index contributed by atoms with van der Waals surface area (Å²) < 4.78 is 10.4. The highest BCUT2D eigenvalue weighted by Crippen LogP contribution is 2.11. The molecular formula is C14H27N3O4. The third-order valence-corrected chi connectivity index (χ3v) is 2.54. The van der Waals surface area contributed by atoms with E-state index in [1.807, 2.05) is 41.5 Å². The lowest BCUT2D eigenvalue weighted by Crippen LogP contribution is -2.43. The van der Waals surface area contributed by atoms with E-state index in [1.165, 1.54) is 0 Å². The molecule has 1 rings (SSSR count). The fraction of sp³-hybridized carbons (Fsp3) is 0.857. The molecule has 2 atom stereocenters. The van der Waals surface area contributed by atoms with Gasteiger partial charge in [0.2, 0.25) is 0 Å². The van der Waals surface area contributed by atoms with E-state index in [9.17, 15) is 9.59 Å². The lowest BCUT2D eigenvalue weighted by Gasteiger charge is -2.22. The van der Waals surface area contributed by atoms with Crippen molar-refractivity contribution in [3.05, 3.63) is 0 Å². The van der Waals surface area contributed by atoms with Gasteiger partial charge in [0.15, 0.2) is 0 Å². The van der Waals surface area contributed by atoms with Crippen LogP contribution < -0.4 is 16.0 Å². The zero-order chi connectivity index (χ0) is 16.3. The maximum atomic E-state index is 11.7. The van der Waals surface area contributed by atoms with Crippen LogP contribution in [0.4, 0.5) is 9.59 Å². The van der Waals surface area contributed by atoms with Crippen molar-refractivity contribution in [1.82, 2.24) is 16.0 Å². The molecule has 1 saturated heterocycles. The summed E-state index contributed by atoms with van der Waals surface area (Å²) in [6.07, 6.45) is -0.566. The maximum Gasteiger partial charge on any atom is 0.408 e.